The number of imide groups is 1. The summed E-state index contributed by atoms with van der Waals surface area (Å²) < 4.78 is 40.2. The van der Waals surface area contributed by atoms with Crippen LogP contribution in [0.5, 0.6) is 0 Å². The summed E-state index contributed by atoms with van der Waals surface area (Å²) in [6.45, 7) is 0.0972. The van der Waals surface area contributed by atoms with E-state index < -0.39 is 17.8 Å². The second kappa shape index (κ2) is 9.81. The van der Waals surface area contributed by atoms with Gasteiger partial charge >= 0.3 is 6.18 Å². The SMILES string of the molecule is O=C(Nc1cccc(Nc2cc(C(F)(F)F)nc3ccccc23)c1)c1ccc(CN2C(=O)C=CC2=O)cc1. The molecule has 3 aromatic carbocycles. The number of aromatic nitrogens is 1. The minimum absolute atomic E-state index is 0.0972. The molecule has 1 aliphatic rings. The fraction of sp³-hybridized carbons (Fsp3) is 0.0714. The number of nitrogens with one attached hydrogen (secondary N) is 2. The van der Waals surface area contributed by atoms with E-state index in [9.17, 15) is 27.6 Å². The quantitative estimate of drug-likeness (QED) is 0.322. The van der Waals surface area contributed by atoms with Gasteiger partial charge in [0.2, 0.25) is 0 Å². The zero-order valence-corrected chi connectivity index (χ0v) is 19.6. The van der Waals surface area contributed by atoms with Gasteiger partial charge in [-0.05, 0) is 48.0 Å². The smallest absolute Gasteiger partial charge is 0.355 e. The van der Waals surface area contributed by atoms with Gasteiger partial charge in [-0.15, -0.1) is 0 Å². The van der Waals surface area contributed by atoms with Gasteiger partial charge < -0.3 is 10.6 Å². The van der Waals surface area contributed by atoms with Crippen molar-refractivity contribution in [1.29, 1.82) is 0 Å². The lowest BCUT2D eigenvalue weighted by molar-refractivity contribution is -0.141. The number of nitrogens with zero attached hydrogens (tertiary/aromatic N) is 2. The van der Waals surface area contributed by atoms with Crippen molar-refractivity contribution < 1.29 is 27.6 Å². The zero-order valence-electron chi connectivity index (χ0n) is 19.6. The number of anilines is 3. The average molecular weight is 516 g/mol. The van der Waals surface area contributed by atoms with Crippen LogP contribution in [0.4, 0.5) is 30.2 Å². The number of carbonyl (C=O) groups excluding carboxylic acids is 3. The summed E-state index contributed by atoms with van der Waals surface area (Å²) in [5.74, 6) is -1.18. The molecule has 4 aromatic rings. The van der Waals surface area contributed by atoms with Gasteiger partial charge in [0.15, 0.2) is 0 Å². The number of carbonyl (C=O) groups is 3. The molecule has 0 saturated heterocycles. The summed E-state index contributed by atoms with van der Waals surface area (Å²) in [4.78, 5) is 41.1. The Hall–Kier alpha value is -4.99. The molecule has 0 spiro atoms. The number of alkyl halides is 3. The minimum atomic E-state index is -4.61. The Morgan fingerprint density at radius 2 is 1.53 bits per heavy atom. The minimum Gasteiger partial charge on any atom is -0.355 e. The van der Waals surface area contributed by atoms with Crippen LogP contribution in [0.3, 0.4) is 0 Å². The molecule has 7 nitrogen and oxygen atoms in total. The van der Waals surface area contributed by atoms with Crippen molar-refractivity contribution in [2.75, 3.05) is 10.6 Å². The van der Waals surface area contributed by atoms with Crippen LogP contribution in [0.15, 0.2) is 91.0 Å². The highest BCUT2D eigenvalue weighted by molar-refractivity contribution is 6.12. The second-order valence-electron chi connectivity index (χ2n) is 8.52. The van der Waals surface area contributed by atoms with E-state index in [0.717, 1.165) is 11.0 Å². The summed E-state index contributed by atoms with van der Waals surface area (Å²) in [6.07, 6.45) is -2.19. The van der Waals surface area contributed by atoms with Gasteiger partial charge in [0, 0.05) is 34.5 Å². The van der Waals surface area contributed by atoms with Gasteiger partial charge in [0.05, 0.1) is 17.7 Å². The molecule has 10 heteroatoms. The molecule has 190 valence electrons. The van der Waals surface area contributed by atoms with Gasteiger partial charge in [0.1, 0.15) is 5.69 Å². The van der Waals surface area contributed by atoms with Gasteiger partial charge in [-0.2, -0.15) is 13.2 Å². The summed E-state index contributed by atoms with van der Waals surface area (Å²) in [6, 6.07) is 20.5. The van der Waals surface area contributed by atoms with Crippen LogP contribution in [0, 0.1) is 0 Å². The first-order valence-electron chi connectivity index (χ1n) is 11.5. The number of rotatable bonds is 6. The Balaban J connectivity index is 1.31. The zero-order chi connectivity index (χ0) is 26.9. The molecule has 0 fully saturated rings. The molecule has 1 aliphatic heterocycles. The van der Waals surface area contributed by atoms with E-state index in [1.54, 1.807) is 66.7 Å². The maximum atomic E-state index is 13.4. The largest absolute Gasteiger partial charge is 0.433 e. The van der Waals surface area contributed by atoms with Crippen LogP contribution >= 0.6 is 0 Å². The highest BCUT2D eigenvalue weighted by atomic mass is 19.4. The van der Waals surface area contributed by atoms with Crippen molar-refractivity contribution in [1.82, 2.24) is 9.88 Å². The third kappa shape index (κ3) is 5.24. The van der Waals surface area contributed by atoms with Crippen LogP contribution in [0.1, 0.15) is 21.6 Å². The Morgan fingerprint density at radius 3 is 2.24 bits per heavy atom. The first-order valence-corrected chi connectivity index (χ1v) is 11.5. The van der Waals surface area contributed by atoms with Crippen LogP contribution < -0.4 is 10.6 Å². The molecule has 1 aromatic heterocycles. The van der Waals surface area contributed by atoms with E-state index in [-0.39, 0.29) is 29.6 Å². The van der Waals surface area contributed by atoms with Crippen molar-refractivity contribution in [2.45, 2.75) is 12.7 Å². The maximum absolute atomic E-state index is 13.4. The molecular weight excluding hydrogens is 497 g/mol. The fourth-order valence-electron chi connectivity index (χ4n) is 3.99. The van der Waals surface area contributed by atoms with Crippen molar-refractivity contribution in [2.24, 2.45) is 0 Å². The first-order chi connectivity index (χ1) is 18.2. The molecule has 0 radical (unpaired) electrons. The van der Waals surface area contributed by atoms with Crippen LogP contribution in [0.2, 0.25) is 0 Å². The third-order valence-corrected chi connectivity index (χ3v) is 5.86. The van der Waals surface area contributed by atoms with Gasteiger partial charge in [-0.1, -0.05) is 36.4 Å². The van der Waals surface area contributed by atoms with E-state index in [0.29, 0.717) is 27.9 Å². The predicted molar refractivity (Wildman–Crippen MR) is 136 cm³/mol. The van der Waals surface area contributed by atoms with Crippen LogP contribution in [-0.4, -0.2) is 27.6 Å². The van der Waals surface area contributed by atoms with Crippen molar-refractivity contribution >= 4 is 45.7 Å². The highest BCUT2D eigenvalue weighted by Crippen LogP contribution is 2.34. The maximum Gasteiger partial charge on any atom is 0.433 e. The molecule has 2 heterocycles. The van der Waals surface area contributed by atoms with E-state index in [2.05, 4.69) is 15.6 Å². The topological polar surface area (TPSA) is 91.4 Å². The lowest BCUT2D eigenvalue weighted by atomic mass is 10.1. The first kappa shape index (κ1) is 24.7. The molecule has 2 N–H and O–H groups in total. The Labute approximate surface area is 214 Å². The van der Waals surface area contributed by atoms with E-state index in [4.69, 9.17) is 0 Å². The third-order valence-electron chi connectivity index (χ3n) is 5.86. The standard InChI is InChI=1S/C28H19F3N4O3/c29-28(30,31)24-15-23(21-6-1-2-7-22(21)34-24)32-19-4-3-5-20(14-19)33-27(38)18-10-8-17(9-11-18)16-35-25(36)12-13-26(35)37/h1-15H,16H2,(H,32,34)(H,33,38). The van der Waals surface area contributed by atoms with Crippen molar-refractivity contribution in [3.8, 4) is 0 Å². The highest BCUT2D eigenvalue weighted by Gasteiger charge is 2.33. The van der Waals surface area contributed by atoms with Crippen LogP contribution in [-0.2, 0) is 22.3 Å². The molecular formula is C28H19F3N4O3. The number of para-hydroxylation sites is 1. The van der Waals surface area contributed by atoms with E-state index in [1.807, 2.05) is 0 Å². The molecule has 3 amide bonds. The molecule has 0 aliphatic carbocycles. The van der Waals surface area contributed by atoms with Gasteiger partial charge in [0.25, 0.3) is 17.7 Å². The number of fused-ring (bicyclic) bond motifs is 1. The summed E-state index contributed by atoms with van der Waals surface area (Å²) in [7, 11) is 0. The van der Waals surface area contributed by atoms with E-state index >= 15 is 0 Å². The monoisotopic (exact) mass is 516 g/mol. The summed E-state index contributed by atoms with van der Waals surface area (Å²) in [5.41, 5.74) is 1.34. The molecule has 0 bridgehead atoms. The molecule has 0 saturated carbocycles. The molecule has 38 heavy (non-hydrogen) atoms. The van der Waals surface area contributed by atoms with Crippen molar-refractivity contribution in [3.05, 3.63) is 108 Å². The Morgan fingerprint density at radius 1 is 0.842 bits per heavy atom. The van der Waals surface area contributed by atoms with E-state index in [1.165, 1.54) is 18.2 Å². The van der Waals surface area contributed by atoms with Gasteiger partial charge in [-0.3, -0.25) is 19.3 Å². The van der Waals surface area contributed by atoms with Crippen molar-refractivity contribution in [3.63, 3.8) is 0 Å². The lowest BCUT2D eigenvalue weighted by Crippen LogP contribution is -2.29. The normalized spacial score (nSPS) is 13.3. The number of benzene rings is 3. The number of amides is 3. The predicted octanol–water partition coefficient (Wildman–Crippen LogP) is 5.67. The summed E-state index contributed by atoms with van der Waals surface area (Å²) in [5, 5.41) is 6.29. The Kier molecular flexibility index (Phi) is 6.38. The summed E-state index contributed by atoms with van der Waals surface area (Å²) >= 11 is 0. The lowest BCUT2D eigenvalue weighted by Gasteiger charge is -2.15. The van der Waals surface area contributed by atoms with Crippen LogP contribution in [0.25, 0.3) is 10.9 Å². The average Bonchev–Trinajstić information content (AvgIpc) is 3.21. The number of hydrogen-bond donors (Lipinski definition) is 2. The Bertz CT molecular complexity index is 1580. The number of hydrogen-bond acceptors (Lipinski definition) is 5. The molecule has 5 rings (SSSR count). The fourth-order valence-corrected chi connectivity index (χ4v) is 3.99. The van der Waals surface area contributed by atoms with Gasteiger partial charge in [-0.25, -0.2) is 4.98 Å². The number of halogens is 3. The molecule has 0 unspecified atom stereocenters. The molecule has 0 atom stereocenters. The second-order valence-corrected chi connectivity index (χ2v) is 8.52. The number of pyridine rings is 1.